The molecule has 28 heavy (non-hydrogen) atoms. The fourth-order valence-electron chi connectivity index (χ4n) is 2.98. The molecule has 0 spiro atoms. The Bertz CT molecular complexity index is 1160. The highest BCUT2D eigenvalue weighted by molar-refractivity contribution is 7.14. The zero-order valence-corrected chi connectivity index (χ0v) is 16.8. The molecule has 9 heteroatoms. The van der Waals surface area contributed by atoms with E-state index < -0.39 is 5.92 Å². The third-order valence-electron chi connectivity index (χ3n) is 4.37. The van der Waals surface area contributed by atoms with Gasteiger partial charge in [0.2, 0.25) is 5.91 Å². The van der Waals surface area contributed by atoms with Crippen LogP contribution in [-0.2, 0) is 4.79 Å². The van der Waals surface area contributed by atoms with Crippen molar-refractivity contribution < 1.29 is 4.79 Å². The predicted octanol–water partition coefficient (Wildman–Crippen LogP) is 4.67. The van der Waals surface area contributed by atoms with E-state index in [1.165, 1.54) is 11.3 Å². The Morgan fingerprint density at radius 3 is 2.96 bits per heavy atom. The predicted molar refractivity (Wildman–Crippen MR) is 114 cm³/mol. The maximum Gasteiger partial charge on any atom is 0.235 e. The van der Waals surface area contributed by atoms with Gasteiger partial charge in [0.1, 0.15) is 5.65 Å². The molecule has 0 fully saturated rings. The normalized spacial score (nSPS) is 12.2. The van der Waals surface area contributed by atoms with E-state index in [1.54, 1.807) is 24.4 Å². The van der Waals surface area contributed by atoms with E-state index >= 15 is 0 Å². The molecule has 142 valence electrons. The number of rotatable bonds is 5. The third-order valence-corrected chi connectivity index (χ3v) is 5.96. The molecule has 0 aliphatic carbocycles. The van der Waals surface area contributed by atoms with Gasteiger partial charge in [-0.3, -0.25) is 4.79 Å². The van der Waals surface area contributed by atoms with E-state index in [0.717, 1.165) is 22.3 Å². The number of anilines is 1. The summed E-state index contributed by atoms with van der Waals surface area (Å²) in [5, 5.41) is 6.88. The van der Waals surface area contributed by atoms with Gasteiger partial charge in [-0.15, -0.1) is 11.3 Å². The number of carbonyl (C=O) groups is 1. The van der Waals surface area contributed by atoms with Crippen molar-refractivity contribution in [1.29, 1.82) is 0 Å². The number of nitrogens with one attached hydrogen (secondary N) is 2. The van der Waals surface area contributed by atoms with Gasteiger partial charge in [0, 0.05) is 35.3 Å². The average Bonchev–Trinajstić information content (AvgIpc) is 3.32. The van der Waals surface area contributed by atoms with Crippen LogP contribution in [0.2, 0.25) is 10.0 Å². The lowest BCUT2D eigenvalue weighted by Crippen LogP contribution is -2.27. The van der Waals surface area contributed by atoms with Gasteiger partial charge in [-0.25, -0.2) is 9.97 Å². The fourth-order valence-corrected chi connectivity index (χ4v) is 4.13. The van der Waals surface area contributed by atoms with E-state index in [9.17, 15) is 4.79 Å². The van der Waals surface area contributed by atoms with Crippen LogP contribution in [0.5, 0.6) is 0 Å². The van der Waals surface area contributed by atoms with Gasteiger partial charge in [0.05, 0.1) is 21.7 Å². The van der Waals surface area contributed by atoms with Crippen molar-refractivity contribution in [1.82, 2.24) is 15.0 Å². The molecule has 4 aromatic rings. The van der Waals surface area contributed by atoms with Gasteiger partial charge in [0.25, 0.3) is 0 Å². The molecule has 1 amide bonds. The summed E-state index contributed by atoms with van der Waals surface area (Å²) in [5.74, 6) is -0.913. The molecule has 1 unspecified atom stereocenters. The highest BCUT2D eigenvalue weighted by atomic mass is 35.5. The second-order valence-corrected chi connectivity index (χ2v) is 7.70. The van der Waals surface area contributed by atoms with E-state index in [0.29, 0.717) is 20.7 Å². The van der Waals surface area contributed by atoms with Gasteiger partial charge in [-0.05, 0) is 23.8 Å². The van der Waals surface area contributed by atoms with Crippen molar-refractivity contribution in [2.24, 2.45) is 5.73 Å². The standard InChI is InChI=1S/C19H15Cl2N5OS/c20-14-5-1-3-10(16(14)21)12(7-22)18(27)26-19-25-15(9-28-19)13-8-24-17-11(13)4-2-6-23-17/h1-6,8-9,12H,7,22H2,(H,23,24)(H,25,26,27). The number of H-pyrrole nitrogens is 1. The summed E-state index contributed by atoms with van der Waals surface area (Å²) in [6.07, 6.45) is 3.58. The lowest BCUT2D eigenvalue weighted by atomic mass is 9.98. The second-order valence-electron chi connectivity index (χ2n) is 6.06. The van der Waals surface area contributed by atoms with E-state index in [-0.39, 0.29) is 12.5 Å². The number of fused-ring (bicyclic) bond motifs is 1. The minimum atomic E-state index is -0.629. The number of aromatic amines is 1. The van der Waals surface area contributed by atoms with Crippen LogP contribution < -0.4 is 11.1 Å². The van der Waals surface area contributed by atoms with Crippen LogP contribution in [-0.4, -0.2) is 27.4 Å². The molecule has 0 aliphatic rings. The SMILES string of the molecule is NCC(C(=O)Nc1nc(-c2c[nH]c3ncccc23)cs1)c1cccc(Cl)c1Cl. The molecule has 4 N–H and O–H groups in total. The second kappa shape index (κ2) is 7.89. The number of hydrogen-bond donors (Lipinski definition) is 3. The van der Waals surface area contributed by atoms with Gasteiger partial charge >= 0.3 is 0 Å². The summed E-state index contributed by atoms with van der Waals surface area (Å²) in [7, 11) is 0. The fraction of sp³-hybridized carbons (Fsp3) is 0.105. The molecule has 0 saturated carbocycles. The quantitative estimate of drug-likeness (QED) is 0.427. The Hall–Kier alpha value is -2.45. The summed E-state index contributed by atoms with van der Waals surface area (Å²) >= 11 is 13.7. The number of pyridine rings is 1. The summed E-state index contributed by atoms with van der Waals surface area (Å²) in [5.41, 5.74) is 8.89. The first-order chi connectivity index (χ1) is 13.6. The third kappa shape index (κ3) is 3.49. The number of hydrogen-bond acceptors (Lipinski definition) is 5. The number of thiazole rings is 1. The van der Waals surface area contributed by atoms with Crippen LogP contribution in [0.15, 0.2) is 48.1 Å². The topological polar surface area (TPSA) is 96.7 Å². The molecule has 6 nitrogen and oxygen atoms in total. The minimum Gasteiger partial charge on any atom is -0.345 e. The molecule has 0 bridgehead atoms. The van der Waals surface area contributed by atoms with Crippen LogP contribution in [0.3, 0.4) is 0 Å². The van der Waals surface area contributed by atoms with Gasteiger partial charge in [-0.2, -0.15) is 0 Å². The summed E-state index contributed by atoms with van der Waals surface area (Å²) in [6, 6.07) is 9.00. The Balaban J connectivity index is 1.58. The van der Waals surface area contributed by atoms with Crippen LogP contribution >= 0.6 is 34.5 Å². The van der Waals surface area contributed by atoms with Crippen LogP contribution in [0.25, 0.3) is 22.3 Å². The van der Waals surface area contributed by atoms with Crippen molar-refractivity contribution in [3.8, 4) is 11.3 Å². The molecule has 0 radical (unpaired) electrons. The first-order valence-electron chi connectivity index (χ1n) is 8.41. The number of benzene rings is 1. The van der Waals surface area contributed by atoms with Crippen LogP contribution in [0.4, 0.5) is 5.13 Å². The summed E-state index contributed by atoms with van der Waals surface area (Å²) < 4.78 is 0. The summed E-state index contributed by atoms with van der Waals surface area (Å²) in [4.78, 5) is 24.7. The number of halogens is 2. The Morgan fingerprint density at radius 2 is 2.14 bits per heavy atom. The lowest BCUT2D eigenvalue weighted by molar-refractivity contribution is -0.117. The maximum atomic E-state index is 12.8. The number of nitrogens with two attached hydrogens (primary N) is 1. The summed E-state index contributed by atoms with van der Waals surface area (Å²) in [6.45, 7) is 0.0955. The van der Waals surface area contributed by atoms with Gasteiger partial charge in [0.15, 0.2) is 5.13 Å². The Labute approximate surface area is 174 Å². The first kappa shape index (κ1) is 18.9. The molecule has 1 aromatic carbocycles. The average molecular weight is 432 g/mol. The monoisotopic (exact) mass is 431 g/mol. The van der Waals surface area contributed by atoms with E-state index in [1.807, 2.05) is 23.7 Å². The highest BCUT2D eigenvalue weighted by Crippen LogP contribution is 2.33. The molecule has 4 rings (SSSR count). The molecular weight excluding hydrogens is 417 g/mol. The number of nitrogens with zero attached hydrogens (tertiary/aromatic N) is 2. The number of aromatic nitrogens is 3. The minimum absolute atomic E-state index is 0.0955. The molecule has 1 atom stereocenters. The molecule has 0 saturated heterocycles. The first-order valence-corrected chi connectivity index (χ1v) is 10.0. The zero-order chi connectivity index (χ0) is 19.7. The zero-order valence-electron chi connectivity index (χ0n) is 14.4. The van der Waals surface area contributed by atoms with Crippen molar-refractivity contribution >= 4 is 56.6 Å². The number of carbonyl (C=O) groups excluding carboxylic acids is 1. The van der Waals surface area contributed by atoms with Crippen molar-refractivity contribution in [3.05, 3.63) is 63.7 Å². The van der Waals surface area contributed by atoms with Gasteiger partial charge < -0.3 is 16.0 Å². The largest absolute Gasteiger partial charge is 0.345 e. The Kier molecular flexibility index (Phi) is 5.32. The Morgan fingerprint density at radius 1 is 1.29 bits per heavy atom. The molecule has 3 aromatic heterocycles. The lowest BCUT2D eigenvalue weighted by Gasteiger charge is -2.16. The molecule has 0 aliphatic heterocycles. The highest BCUT2D eigenvalue weighted by Gasteiger charge is 2.23. The van der Waals surface area contributed by atoms with Crippen molar-refractivity contribution in [3.63, 3.8) is 0 Å². The van der Waals surface area contributed by atoms with Crippen molar-refractivity contribution in [2.45, 2.75) is 5.92 Å². The van der Waals surface area contributed by atoms with E-state index in [2.05, 4.69) is 20.3 Å². The number of amides is 1. The van der Waals surface area contributed by atoms with Gasteiger partial charge in [-0.1, -0.05) is 35.3 Å². The van der Waals surface area contributed by atoms with Crippen LogP contribution in [0, 0.1) is 0 Å². The molecule has 3 heterocycles. The molecular formula is C19H15Cl2N5OS. The maximum absolute atomic E-state index is 12.8. The van der Waals surface area contributed by atoms with Crippen molar-refractivity contribution in [2.75, 3.05) is 11.9 Å². The smallest absolute Gasteiger partial charge is 0.235 e. The van der Waals surface area contributed by atoms with Crippen LogP contribution in [0.1, 0.15) is 11.5 Å². The van der Waals surface area contributed by atoms with E-state index in [4.69, 9.17) is 28.9 Å².